The van der Waals surface area contributed by atoms with Crippen LogP contribution in [0.15, 0.2) is 72.8 Å². The number of rotatable bonds is 11. The first-order valence-corrected chi connectivity index (χ1v) is 16.7. The molecule has 0 aromatic heterocycles. The molecule has 10 heteroatoms. The van der Waals surface area contributed by atoms with Crippen LogP contribution in [0.25, 0.3) is 0 Å². The third-order valence-electron chi connectivity index (χ3n) is 7.53. The van der Waals surface area contributed by atoms with Gasteiger partial charge in [0.15, 0.2) is 0 Å². The van der Waals surface area contributed by atoms with E-state index in [1.165, 1.54) is 4.90 Å². The molecule has 2 amide bonds. The molecule has 0 heterocycles. The summed E-state index contributed by atoms with van der Waals surface area (Å²) in [4.78, 5) is 29.7. The average molecular weight is 631 g/mol. The molecule has 3 aromatic rings. The van der Waals surface area contributed by atoms with Crippen molar-refractivity contribution in [1.82, 2.24) is 10.2 Å². The van der Waals surface area contributed by atoms with Gasteiger partial charge in [0.1, 0.15) is 12.6 Å². The van der Waals surface area contributed by atoms with Crippen LogP contribution in [0.3, 0.4) is 0 Å². The van der Waals surface area contributed by atoms with E-state index in [0.29, 0.717) is 21.3 Å². The van der Waals surface area contributed by atoms with Crippen LogP contribution >= 0.6 is 23.2 Å². The minimum absolute atomic E-state index is 0.0336. The van der Waals surface area contributed by atoms with Crippen LogP contribution in [0.4, 0.5) is 5.69 Å². The van der Waals surface area contributed by atoms with E-state index in [1.807, 2.05) is 43.3 Å². The molecule has 0 bridgehead atoms. The van der Waals surface area contributed by atoms with E-state index < -0.39 is 28.5 Å². The molecule has 3 aromatic carbocycles. The Bertz CT molecular complexity index is 1490. The molecule has 0 aliphatic heterocycles. The summed E-state index contributed by atoms with van der Waals surface area (Å²) in [6.07, 6.45) is 6.33. The standard InChI is InChI=1S/C32H37Cl2N3O4S/c1-23-10-9-15-27(18-23)37(42(2,40)41)22-31(38)36(21-25-16-17-28(33)29(34)19-25)30(20-24-11-5-3-6-12-24)32(39)35-26-13-7-4-8-14-26/h3,5-6,9-12,15-19,26,30H,4,7-8,13-14,20-22H2,1-2H3,(H,35,39). The molecule has 1 saturated carbocycles. The van der Waals surface area contributed by atoms with E-state index in [2.05, 4.69) is 5.32 Å². The van der Waals surface area contributed by atoms with E-state index in [1.54, 1.807) is 36.4 Å². The van der Waals surface area contributed by atoms with E-state index in [9.17, 15) is 18.0 Å². The van der Waals surface area contributed by atoms with Crippen LogP contribution < -0.4 is 9.62 Å². The summed E-state index contributed by atoms with van der Waals surface area (Å²) in [5.41, 5.74) is 2.79. The van der Waals surface area contributed by atoms with Crippen molar-refractivity contribution in [3.05, 3.63) is 99.5 Å². The zero-order valence-electron chi connectivity index (χ0n) is 23.9. The number of halogens is 2. The predicted molar refractivity (Wildman–Crippen MR) is 169 cm³/mol. The summed E-state index contributed by atoms with van der Waals surface area (Å²) in [6, 6.07) is 20.7. The highest BCUT2D eigenvalue weighted by molar-refractivity contribution is 7.92. The summed E-state index contributed by atoms with van der Waals surface area (Å²) < 4.78 is 27.0. The van der Waals surface area contributed by atoms with Crippen LogP contribution in [0.2, 0.25) is 10.0 Å². The Kier molecular flexibility index (Phi) is 10.9. The molecule has 42 heavy (non-hydrogen) atoms. The molecule has 4 rings (SSSR count). The van der Waals surface area contributed by atoms with E-state index in [-0.39, 0.29) is 24.9 Å². The van der Waals surface area contributed by atoms with Gasteiger partial charge in [-0.15, -0.1) is 0 Å². The zero-order valence-corrected chi connectivity index (χ0v) is 26.3. The van der Waals surface area contributed by atoms with E-state index in [0.717, 1.165) is 53.8 Å². The number of sulfonamides is 1. The lowest BCUT2D eigenvalue weighted by atomic mass is 9.94. The summed E-state index contributed by atoms with van der Waals surface area (Å²) in [7, 11) is -3.83. The van der Waals surface area contributed by atoms with Crippen molar-refractivity contribution in [1.29, 1.82) is 0 Å². The van der Waals surface area contributed by atoms with Crippen LogP contribution in [0.5, 0.6) is 0 Å². The van der Waals surface area contributed by atoms with Crippen molar-refractivity contribution in [3.8, 4) is 0 Å². The molecular formula is C32H37Cl2N3O4S. The van der Waals surface area contributed by atoms with E-state index in [4.69, 9.17) is 23.2 Å². The molecule has 1 N–H and O–H groups in total. The summed E-state index contributed by atoms with van der Waals surface area (Å²) in [6.45, 7) is 1.43. The zero-order chi connectivity index (χ0) is 30.3. The normalized spacial score (nSPS) is 14.7. The van der Waals surface area contributed by atoms with Crippen molar-refractivity contribution in [2.45, 2.75) is 64.1 Å². The number of aryl methyl sites for hydroxylation is 1. The molecular weight excluding hydrogens is 593 g/mol. The van der Waals surface area contributed by atoms with Crippen molar-refractivity contribution < 1.29 is 18.0 Å². The van der Waals surface area contributed by atoms with Gasteiger partial charge in [-0.3, -0.25) is 13.9 Å². The Morgan fingerprint density at radius 2 is 1.62 bits per heavy atom. The quantitative estimate of drug-likeness (QED) is 0.275. The third kappa shape index (κ3) is 8.72. The highest BCUT2D eigenvalue weighted by Crippen LogP contribution is 2.26. The molecule has 1 aliphatic carbocycles. The predicted octanol–water partition coefficient (Wildman–Crippen LogP) is 6.16. The molecule has 1 atom stereocenters. The van der Waals surface area contributed by atoms with Crippen molar-refractivity contribution in [2.75, 3.05) is 17.1 Å². The molecule has 0 spiro atoms. The number of amides is 2. The van der Waals surface area contributed by atoms with Gasteiger partial charge in [-0.05, 0) is 60.7 Å². The van der Waals surface area contributed by atoms with Crippen molar-refractivity contribution >= 4 is 50.7 Å². The van der Waals surface area contributed by atoms with Gasteiger partial charge in [0.05, 0.1) is 22.0 Å². The summed E-state index contributed by atoms with van der Waals surface area (Å²) in [5.74, 6) is -0.770. The van der Waals surface area contributed by atoms with Gasteiger partial charge in [0.2, 0.25) is 21.8 Å². The number of carbonyl (C=O) groups excluding carboxylic acids is 2. The third-order valence-corrected chi connectivity index (χ3v) is 9.41. The lowest BCUT2D eigenvalue weighted by Crippen LogP contribution is -2.55. The number of nitrogens with zero attached hydrogens (tertiary/aromatic N) is 2. The van der Waals surface area contributed by atoms with Gasteiger partial charge >= 0.3 is 0 Å². The van der Waals surface area contributed by atoms with Crippen molar-refractivity contribution in [2.24, 2.45) is 0 Å². The van der Waals surface area contributed by atoms with Gasteiger partial charge in [0.25, 0.3) is 0 Å². The first-order chi connectivity index (χ1) is 20.0. The topological polar surface area (TPSA) is 86.8 Å². The number of nitrogens with one attached hydrogen (secondary N) is 1. The van der Waals surface area contributed by atoms with Crippen molar-refractivity contribution in [3.63, 3.8) is 0 Å². The molecule has 1 aliphatic rings. The Morgan fingerprint density at radius 1 is 0.905 bits per heavy atom. The molecule has 0 radical (unpaired) electrons. The minimum atomic E-state index is -3.83. The van der Waals surface area contributed by atoms with Crippen LogP contribution in [0, 0.1) is 6.92 Å². The van der Waals surface area contributed by atoms with Gasteiger partial charge in [-0.1, -0.05) is 91.0 Å². The molecule has 224 valence electrons. The van der Waals surface area contributed by atoms with Gasteiger partial charge < -0.3 is 10.2 Å². The monoisotopic (exact) mass is 629 g/mol. The first-order valence-electron chi connectivity index (χ1n) is 14.1. The number of benzene rings is 3. The number of hydrogen-bond donors (Lipinski definition) is 1. The maximum atomic E-state index is 14.2. The highest BCUT2D eigenvalue weighted by Gasteiger charge is 2.34. The smallest absolute Gasteiger partial charge is 0.244 e. The second-order valence-corrected chi connectivity index (χ2v) is 13.6. The van der Waals surface area contributed by atoms with Crippen LogP contribution in [-0.2, 0) is 32.6 Å². The second-order valence-electron chi connectivity index (χ2n) is 10.9. The lowest BCUT2D eigenvalue weighted by molar-refractivity contribution is -0.140. The molecule has 1 unspecified atom stereocenters. The lowest BCUT2D eigenvalue weighted by Gasteiger charge is -2.35. The minimum Gasteiger partial charge on any atom is -0.352 e. The van der Waals surface area contributed by atoms with Crippen LogP contribution in [0.1, 0.15) is 48.8 Å². The SMILES string of the molecule is Cc1cccc(N(CC(=O)N(Cc2ccc(Cl)c(Cl)c2)C(Cc2ccccc2)C(=O)NC2CCCCC2)S(C)(=O)=O)c1. The number of hydrogen-bond acceptors (Lipinski definition) is 4. The number of anilines is 1. The molecule has 7 nitrogen and oxygen atoms in total. The largest absolute Gasteiger partial charge is 0.352 e. The fourth-order valence-corrected chi connectivity index (χ4v) is 6.49. The van der Waals surface area contributed by atoms with Gasteiger partial charge in [0, 0.05) is 19.0 Å². The van der Waals surface area contributed by atoms with Gasteiger partial charge in [-0.2, -0.15) is 0 Å². The fraction of sp³-hybridized carbons (Fsp3) is 0.375. The summed E-state index contributed by atoms with van der Waals surface area (Å²) >= 11 is 12.5. The fourth-order valence-electron chi connectivity index (χ4n) is 5.33. The Labute approximate surface area is 258 Å². The highest BCUT2D eigenvalue weighted by atomic mass is 35.5. The Morgan fingerprint density at radius 3 is 2.26 bits per heavy atom. The molecule has 1 fully saturated rings. The first kappa shape index (κ1) is 31.9. The Balaban J connectivity index is 1.74. The van der Waals surface area contributed by atoms with E-state index >= 15 is 0 Å². The average Bonchev–Trinajstić information content (AvgIpc) is 2.95. The maximum absolute atomic E-state index is 14.2. The second kappa shape index (κ2) is 14.4. The number of carbonyl (C=O) groups is 2. The molecule has 0 saturated heterocycles. The summed E-state index contributed by atoms with van der Waals surface area (Å²) in [5, 5.41) is 3.89. The van der Waals surface area contributed by atoms with Crippen LogP contribution in [-0.4, -0.2) is 50.0 Å². The maximum Gasteiger partial charge on any atom is 0.244 e. The van der Waals surface area contributed by atoms with Gasteiger partial charge in [-0.25, -0.2) is 8.42 Å². The Hall–Kier alpha value is -3.07.